The second-order valence-corrected chi connectivity index (χ2v) is 9.85. The van der Waals surface area contributed by atoms with Gasteiger partial charge in [-0.05, 0) is 79.4 Å². The van der Waals surface area contributed by atoms with E-state index in [1.807, 2.05) is 66.1 Å². The lowest BCUT2D eigenvalue weighted by molar-refractivity contribution is -0.479. The van der Waals surface area contributed by atoms with Crippen LogP contribution in [0.15, 0.2) is 71.9 Å². The van der Waals surface area contributed by atoms with Crippen molar-refractivity contribution in [1.29, 1.82) is 0 Å². The van der Waals surface area contributed by atoms with Crippen LogP contribution in [0.4, 0.5) is 0 Å². The lowest BCUT2D eigenvalue weighted by Gasteiger charge is -2.15. The molecule has 0 spiro atoms. The van der Waals surface area contributed by atoms with E-state index in [9.17, 15) is 10.1 Å². The molecule has 0 amide bonds. The molecule has 0 saturated heterocycles. The van der Waals surface area contributed by atoms with Gasteiger partial charge >= 0.3 is 0 Å². The lowest BCUT2D eigenvalue weighted by Crippen LogP contribution is -2.11. The first-order valence-corrected chi connectivity index (χ1v) is 12.3. The number of nitro groups is 1. The van der Waals surface area contributed by atoms with Gasteiger partial charge in [0, 0.05) is 15.6 Å². The molecule has 4 rings (SSSR count). The summed E-state index contributed by atoms with van der Waals surface area (Å²) in [6.45, 7) is 6.15. The summed E-state index contributed by atoms with van der Waals surface area (Å²) in [4.78, 5) is 11.2. The zero-order valence-electron chi connectivity index (χ0n) is 19.6. The number of nitrogens with zero attached hydrogens (tertiary/aromatic N) is 4. The summed E-state index contributed by atoms with van der Waals surface area (Å²) in [6.07, 6.45) is 0. The number of aromatic nitrogens is 3. The molecule has 9 heteroatoms. The Kier molecular flexibility index (Phi) is 7.73. The fourth-order valence-electron chi connectivity index (χ4n) is 3.58. The van der Waals surface area contributed by atoms with Gasteiger partial charge in [0.2, 0.25) is 6.54 Å². The molecular weight excluding hydrogens is 484 g/mol. The van der Waals surface area contributed by atoms with E-state index in [0.717, 1.165) is 28.2 Å². The molecule has 1 aromatic heterocycles. The van der Waals surface area contributed by atoms with Crippen LogP contribution in [-0.2, 0) is 6.61 Å². The number of rotatable bonds is 9. The summed E-state index contributed by atoms with van der Waals surface area (Å²) in [7, 11) is 0. The number of ether oxygens (including phenoxy) is 1. The molecule has 35 heavy (non-hydrogen) atoms. The van der Waals surface area contributed by atoms with Crippen molar-refractivity contribution in [2.75, 3.05) is 6.54 Å². The molecule has 0 radical (unpaired) electrons. The highest BCUT2D eigenvalue weighted by Crippen LogP contribution is 2.36. The molecule has 0 bridgehead atoms. The number of halogens is 1. The van der Waals surface area contributed by atoms with Crippen molar-refractivity contribution in [2.45, 2.75) is 37.8 Å². The third-order valence-electron chi connectivity index (χ3n) is 5.68. The summed E-state index contributed by atoms with van der Waals surface area (Å²) in [5.74, 6) is 1.41. The van der Waals surface area contributed by atoms with Crippen LogP contribution in [0.5, 0.6) is 5.75 Å². The molecule has 1 atom stereocenters. The maximum absolute atomic E-state index is 11.5. The fourth-order valence-corrected chi connectivity index (χ4v) is 4.88. The average Bonchev–Trinajstić information content (AvgIpc) is 3.20. The monoisotopic (exact) mass is 508 g/mol. The van der Waals surface area contributed by atoms with E-state index in [4.69, 9.17) is 16.3 Å². The Bertz CT molecular complexity index is 1320. The summed E-state index contributed by atoms with van der Waals surface area (Å²) in [5.41, 5.74) is 5.10. The highest BCUT2D eigenvalue weighted by Gasteiger charge is 2.24. The average molecular weight is 509 g/mol. The molecule has 0 aliphatic heterocycles. The van der Waals surface area contributed by atoms with Gasteiger partial charge in [-0.3, -0.25) is 14.7 Å². The Hall–Kier alpha value is -3.36. The molecule has 0 aliphatic carbocycles. The molecule has 7 nitrogen and oxygen atoms in total. The second-order valence-electron chi connectivity index (χ2n) is 8.24. The van der Waals surface area contributed by atoms with Gasteiger partial charge < -0.3 is 4.74 Å². The van der Waals surface area contributed by atoms with Crippen LogP contribution >= 0.6 is 23.4 Å². The van der Waals surface area contributed by atoms with E-state index in [0.29, 0.717) is 22.5 Å². The quantitative estimate of drug-likeness (QED) is 0.145. The predicted molar refractivity (Wildman–Crippen MR) is 138 cm³/mol. The predicted octanol–water partition coefficient (Wildman–Crippen LogP) is 6.54. The van der Waals surface area contributed by atoms with Crippen molar-refractivity contribution in [3.05, 3.63) is 110 Å². The van der Waals surface area contributed by atoms with Gasteiger partial charge in [-0.2, -0.15) is 0 Å². The number of hydrogen-bond donors (Lipinski definition) is 0. The van der Waals surface area contributed by atoms with Crippen molar-refractivity contribution < 1.29 is 9.66 Å². The van der Waals surface area contributed by atoms with E-state index in [1.165, 1.54) is 17.3 Å². The Labute approximate surface area is 213 Å². The van der Waals surface area contributed by atoms with Crippen molar-refractivity contribution in [3.63, 3.8) is 0 Å². The van der Waals surface area contributed by atoms with Gasteiger partial charge in [0.25, 0.3) is 0 Å². The number of benzene rings is 3. The van der Waals surface area contributed by atoms with E-state index in [-0.39, 0.29) is 11.5 Å². The fraction of sp³-hybridized carbons (Fsp3) is 0.231. The third kappa shape index (κ3) is 6.21. The van der Waals surface area contributed by atoms with Crippen LogP contribution in [0.1, 0.15) is 33.3 Å². The van der Waals surface area contributed by atoms with E-state index in [2.05, 4.69) is 36.2 Å². The molecular formula is C26H25ClN4O3S. The normalized spacial score (nSPS) is 11.9. The molecule has 180 valence electrons. The SMILES string of the molecule is Cc1ccc(-n2c(C)nnc2S[C@@H](C[N+](=O)[O-])c2ccc(OCc3ccc(Cl)cc3)cc2)cc1C. The largest absolute Gasteiger partial charge is 0.489 e. The first-order valence-electron chi connectivity index (χ1n) is 11.1. The zero-order valence-corrected chi connectivity index (χ0v) is 21.2. The van der Waals surface area contributed by atoms with E-state index < -0.39 is 5.25 Å². The smallest absolute Gasteiger partial charge is 0.220 e. The Morgan fingerprint density at radius 2 is 1.71 bits per heavy atom. The minimum absolute atomic E-state index is 0.242. The van der Waals surface area contributed by atoms with E-state index in [1.54, 1.807) is 0 Å². The second kappa shape index (κ2) is 10.9. The lowest BCUT2D eigenvalue weighted by atomic mass is 10.1. The summed E-state index contributed by atoms with van der Waals surface area (Å²) in [6, 6.07) is 21.0. The zero-order chi connectivity index (χ0) is 24.9. The highest BCUT2D eigenvalue weighted by molar-refractivity contribution is 7.99. The Morgan fingerprint density at radius 3 is 2.37 bits per heavy atom. The van der Waals surface area contributed by atoms with Gasteiger partial charge in [0.15, 0.2) is 5.16 Å². The molecule has 0 fully saturated rings. The van der Waals surface area contributed by atoms with Gasteiger partial charge in [-0.1, -0.05) is 53.7 Å². The standard InChI is InChI=1S/C26H25ClN4O3S/c1-17-4-11-23(14-18(17)2)31-19(3)28-29-26(31)35-25(15-30(32)33)21-7-12-24(13-8-21)34-16-20-5-9-22(27)10-6-20/h4-14,25H,15-16H2,1-3H3/t25-/m0/s1. The number of hydrogen-bond acceptors (Lipinski definition) is 6. The van der Waals surface area contributed by atoms with Crippen molar-refractivity contribution in [2.24, 2.45) is 0 Å². The summed E-state index contributed by atoms with van der Waals surface area (Å²) >= 11 is 7.26. The maximum atomic E-state index is 11.5. The Morgan fingerprint density at radius 1 is 1.00 bits per heavy atom. The number of aryl methyl sites for hydroxylation is 3. The van der Waals surface area contributed by atoms with Crippen molar-refractivity contribution >= 4 is 23.4 Å². The van der Waals surface area contributed by atoms with Crippen LogP contribution in [0.3, 0.4) is 0 Å². The Balaban J connectivity index is 1.54. The van der Waals surface area contributed by atoms with Gasteiger partial charge in [-0.25, -0.2) is 0 Å². The molecule has 0 aliphatic rings. The topological polar surface area (TPSA) is 83.1 Å². The van der Waals surface area contributed by atoms with E-state index >= 15 is 0 Å². The van der Waals surface area contributed by atoms with Gasteiger partial charge in [-0.15, -0.1) is 10.2 Å². The van der Waals surface area contributed by atoms with Gasteiger partial charge in [0.05, 0.1) is 0 Å². The van der Waals surface area contributed by atoms with Crippen LogP contribution in [0.2, 0.25) is 5.02 Å². The molecule has 1 heterocycles. The minimum Gasteiger partial charge on any atom is -0.489 e. The van der Waals surface area contributed by atoms with Crippen LogP contribution in [0, 0.1) is 30.9 Å². The molecule has 0 N–H and O–H groups in total. The maximum Gasteiger partial charge on any atom is 0.220 e. The first-order chi connectivity index (χ1) is 16.8. The van der Waals surface area contributed by atoms with Crippen LogP contribution in [-0.4, -0.2) is 26.2 Å². The molecule has 4 aromatic rings. The van der Waals surface area contributed by atoms with Crippen LogP contribution < -0.4 is 4.74 Å². The van der Waals surface area contributed by atoms with Gasteiger partial charge in [0.1, 0.15) is 23.4 Å². The minimum atomic E-state index is -0.441. The van der Waals surface area contributed by atoms with Crippen molar-refractivity contribution in [1.82, 2.24) is 14.8 Å². The highest BCUT2D eigenvalue weighted by atomic mass is 35.5. The van der Waals surface area contributed by atoms with Crippen molar-refractivity contribution in [3.8, 4) is 11.4 Å². The van der Waals surface area contributed by atoms with Crippen LogP contribution in [0.25, 0.3) is 5.69 Å². The third-order valence-corrected chi connectivity index (χ3v) is 7.11. The number of thioether (sulfide) groups is 1. The molecule has 0 saturated carbocycles. The summed E-state index contributed by atoms with van der Waals surface area (Å²) in [5, 5.41) is 20.9. The first kappa shape index (κ1) is 24.8. The molecule has 0 unspecified atom stereocenters. The molecule has 3 aromatic carbocycles. The summed E-state index contributed by atoms with van der Waals surface area (Å²) < 4.78 is 7.80.